The van der Waals surface area contributed by atoms with E-state index < -0.39 is 15.1 Å². The molecule has 206 valence electrons. The number of hydrogen-bond acceptors (Lipinski definition) is 6. The molecule has 1 aromatic carbocycles. The summed E-state index contributed by atoms with van der Waals surface area (Å²) in [7, 11) is -1.04. The van der Waals surface area contributed by atoms with Gasteiger partial charge in [-0.3, -0.25) is 9.48 Å². The van der Waals surface area contributed by atoms with Crippen LogP contribution in [0.25, 0.3) is 11.8 Å². The Morgan fingerprint density at radius 2 is 2.00 bits per heavy atom. The average Bonchev–Trinajstić information content (AvgIpc) is 3.31. The van der Waals surface area contributed by atoms with Crippen LogP contribution in [-0.4, -0.2) is 56.8 Å². The number of aryl methyl sites for hydroxylation is 1. The number of Topliss-reactive ketones (excluding diaryl/α,β-unsaturated/α-hetero) is 1. The first-order chi connectivity index (χ1) is 19.3. The fraction of sp³-hybridized carbons (Fsp3) is 0.345. The van der Waals surface area contributed by atoms with E-state index >= 15 is 0 Å². The fourth-order valence-corrected chi connectivity index (χ4v) is 9.18. The highest BCUT2D eigenvalue weighted by Gasteiger charge is 2.53. The summed E-state index contributed by atoms with van der Waals surface area (Å²) in [5, 5.41) is 11.9. The van der Waals surface area contributed by atoms with E-state index in [1.165, 1.54) is 23.5 Å². The highest BCUT2D eigenvalue weighted by Crippen LogP contribution is 2.52. The Kier molecular flexibility index (Phi) is 5.95. The number of rotatable bonds is 7. The van der Waals surface area contributed by atoms with Gasteiger partial charge in [-0.25, -0.2) is 22.6 Å². The number of benzene rings is 1. The maximum atomic E-state index is 14.3. The second kappa shape index (κ2) is 9.32. The Morgan fingerprint density at radius 3 is 2.67 bits per heavy atom. The summed E-state index contributed by atoms with van der Waals surface area (Å²) >= 11 is 1.35. The third kappa shape index (κ3) is 4.10. The maximum Gasteiger partial charge on any atom is 0.201 e. The molecule has 2 fully saturated rings. The van der Waals surface area contributed by atoms with Crippen LogP contribution in [0.1, 0.15) is 53.2 Å². The van der Waals surface area contributed by atoms with Crippen LogP contribution in [0, 0.1) is 11.2 Å². The summed E-state index contributed by atoms with van der Waals surface area (Å²) < 4.78 is 33.5. The second-order valence-electron chi connectivity index (χ2n) is 11.0. The lowest BCUT2D eigenvalue weighted by Gasteiger charge is -2.47. The van der Waals surface area contributed by atoms with E-state index in [1.54, 1.807) is 35.3 Å². The zero-order valence-electron chi connectivity index (χ0n) is 22.1. The number of ketones is 1. The van der Waals surface area contributed by atoms with Crippen molar-refractivity contribution in [3.05, 3.63) is 82.0 Å². The highest BCUT2D eigenvalue weighted by atomic mass is 32.2. The lowest BCUT2D eigenvalue weighted by atomic mass is 9.61. The van der Waals surface area contributed by atoms with E-state index in [2.05, 4.69) is 31.4 Å². The van der Waals surface area contributed by atoms with Crippen molar-refractivity contribution in [2.75, 3.05) is 0 Å². The summed E-state index contributed by atoms with van der Waals surface area (Å²) in [6, 6.07) is 8.10. The summed E-state index contributed by atoms with van der Waals surface area (Å²) in [4.78, 5) is 18.7. The van der Waals surface area contributed by atoms with Crippen molar-refractivity contribution in [3.8, 4) is 5.69 Å². The predicted molar refractivity (Wildman–Crippen MR) is 153 cm³/mol. The molecule has 0 spiro atoms. The number of nitrogens with zero attached hydrogens (tertiary/aromatic N) is 6. The number of fused-ring (bicyclic) bond motifs is 2. The van der Waals surface area contributed by atoms with Gasteiger partial charge in [0.1, 0.15) is 5.82 Å². The minimum absolute atomic E-state index is 0.00257. The molecule has 7 rings (SSSR count). The van der Waals surface area contributed by atoms with E-state index in [0.29, 0.717) is 29.3 Å². The summed E-state index contributed by atoms with van der Waals surface area (Å²) in [6.45, 7) is 0. The number of aromatic nitrogens is 5. The molecule has 3 aliphatic carbocycles. The van der Waals surface area contributed by atoms with Gasteiger partial charge in [-0.1, -0.05) is 5.57 Å². The number of carbonyl (C=O) groups excluding carboxylic acids is 1. The quantitative estimate of drug-likeness (QED) is 0.235. The van der Waals surface area contributed by atoms with Crippen LogP contribution < -0.4 is 0 Å². The van der Waals surface area contributed by atoms with Crippen LogP contribution in [0.2, 0.25) is 0 Å². The Morgan fingerprint density at radius 1 is 1.20 bits per heavy atom. The van der Waals surface area contributed by atoms with E-state index in [-0.39, 0.29) is 23.7 Å². The lowest BCUT2D eigenvalue weighted by molar-refractivity contribution is 0.0741. The van der Waals surface area contributed by atoms with Gasteiger partial charge in [0.15, 0.2) is 10.0 Å². The Bertz CT molecular complexity index is 1730. The van der Waals surface area contributed by atoms with Crippen molar-refractivity contribution < 1.29 is 13.4 Å². The van der Waals surface area contributed by atoms with Gasteiger partial charge < -0.3 is 0 Å². The molecule has 1 unspecified atom stereocenters. The van der Waals surface area contributed by atoms with Gasteiger partial charge in [-0.05, 0) is 86.4 Å². The average molecular weight is 577 g/mol. The van der Waals surface area contributed by atoms with Crippen molar-refractivity contribution in [1.29, 1.82) is 0 Å². The summed E-state index contributed by atoms with van der Waals surface area (Å²) in [6.07, 6.45) is 11.7. The molecule has 2 saturated carbocycles. The number of thiazole rings is 1. The van der Waals surface area contributed by atoms with Gasteiger partial charge in [0, 0.05) is 36.9 Å². The minimum atomic E-state index is -2.85. The molecule has 3 aliphatic rings. The molecule has 40 heavy (non-hydrogen) atoms. The first-order valence-electron chi connectivity index (χ1n) is 13.4. The number of halogens is 1. The van der Waals surface area contributed by atoms with Gasteiger partial charge in [0.05, 0.1) is 32.7 Å². The van der Waals surface area contributed by atoms with Gasteiger partial charge in [-0.2, -0.15) is 10.2 Å². The Hall–Kier alpha value is -3.41. The van der Waals surface area contributed by atoms with Crippen LogP contribution in [0.3, 0.4) is 0 Å². The number of carbonyl (C=O) groups is 1. The molecule has 0 radical (unpaired) electrons. The monoisotopic (exact) mass is 576 g/mol. The van der Waals surface area contributed by atoms with E-state index in [4.69, 9.17) is 0 Å². The third-order valence-corrected chi connectivity index (χ3v) is 11.3. The molecule has 0 bridgehead atoms. The molecular formula is C29H29FN6O2S2. The lowest BCUT2D eigenvalue weighted by Crippen LogP contribution is -2.51. The maximum absolute atomic E-state index is 14.3. The molecule has 0 aliphatic heterocycles. The zero-order chi connectivity index (χ0) is 27.6. The van der Waals surface area contributed by atoms with Crippen LogP contribution in [-0.2, 0) is 23.2 Å². The molecule has 0 N–H and O–H groups in total. The standard InChI is InChI=1S/C29H29FN6O2S2/c1-34-13-11-26(33-34)40(2,38)36(23-9-10-23)24-6-3-20-15-25-19(18-32-35(25)22-7-4-21(30)5-8-22)16-29(20,17-24)27(37)28-31-12-14-39-28/h4-5,7-8,11-15,18,23-24H,2-3,6,9-10,16-17H2,1H3/t24-,29-,40?/m0/s1. The van der Waals surface area contributed by atoms with E-state index in [9.17, 15) is 13.4 Å². The molecule has 0 saturated heterocycles. The van der Waals surface area contributed by atoms with Gasteiger partial charge >= 0.3 is 0 Å². The second-order valence-corrected chi connectivity index (χ2v) is 14.0. The van der Waals surface area contributed by atoms with Gasteiger partial charge in [0.2, 0.25) is 5.78 Å². The largest absolute Gasteiger partial charge is 0.290 e. The summed E-state index contributed by atoms with van der Waals surface area (Å²) in [5.74, 6) is 3.92. The summed E-state index contributed by atoms with van der Waals surface area (Å²) in [5.41, 5.74) is 2.85. The minimum Gasteiger partial charge on any atom is -0.290 e. The molecule has 3 aromatic heterocycles. The zero-order valence-corrected chi connectivity index (χ0v) is 23.7. The Labute approximate surface area is 236 Å². The molecular weight excluding hydrogens is 547 g/mol. The van der Waals surface area contributed by atoms with Crippen molar-refractivity contribution in [3.63, 3.8) is 0 Å². The Balaban J connectivity index is 1.31. The molecule has 0 amide bonds. The fourth-order valence-electron chi connectivity index (χ4n) is 6.41. The van der Waals surface area contributed by atoms with Crippen LogP contribution in [0.15, 0.2) is 64.9 Å². The predicted octanol–water partition coefficient (Wildman–Crippen LogP) is 4.72. The van der Waals surface area contributed by atoms with Crippen molar-refractivity contribution in [2.45, 2.75) is 55.6 Å². The van der Waals surface area contributed by atoms with Crippen LogP contribution >= 0.6 is 11.3 Å². The van der Waals surface area contributed by atoms with Gasteiger partial charge in [0.25, 0.3) is 0 Å². The first-order valence-corrected chi connectivity index (χ1v) is 16.0. The topological polar surface area (TPSA) is 85.9 Å². The van der Waals surface area contributed by atoms with E-state index in [0.717, 1.165) is 41.8 Å². The molecule has 3 atom stereocenters. The number of hydrogen-bond donors (Lipinski definition) is 0. The normalized spacial score (nSPS) is 23.8. The molecule has 11 heteroatoms. The van der Waals surface area contributed by atoms with Crippen molar-refractivity contribution >= 4 is 38.8 Å². The van der Waals surface area contributed by atoms with Crippen LogP contribution in [0.5, 0.6) is 0 Å². The van der Waals surface area contributed by atoms with E-state index in [1.807, 2.05) is 23.3 Å². The van der Waals surface area contributed by atoms with Gasteiger partial charge in [-0.15, -0.1) is 11.3 Å². The van der Waals surface area contributed by atoms with Crippen LogP contribution in [0.4, 0.5) is 4.39 Å². The number of allylic oxidation sites excluding steroid dienone is 1. The molecule has 3 heterocycles. The highest BCUT2D eigenvalue weighted by molar-refractivity contribution is 7.98. The molecule has 8 nitrogen and oxygen atoms in total. The van der Waals surface area contributed by atoms with Crippen molar-refractivity contribution in [2.24, 2.45) is 12.5 Å². The smallest absolute Gasteiger partial charge is 0.201 e. The first kappa shape index (κ1) is 25.6. The molecule has 4 aromatic rings. The SMILES string of the molecule is C=S(=O)(c1ccn(C)n1)N(C1CC1)[C@H]1CCC2=Cc3c(cnn3-c3ccc(F)cc3)C[C@]2(C(=O)c2nccs2)C1. The third-order valence-electron chi connectivity index (χ3n) is 8.39. The van der Waals surface area contributed by atoms with Crippen molar-refractivity contribution in [1.82, 2.24) is 28.9 Å².